The average molecular weight is 180 g/mol. The molecular weight excluding hydrogens is 173 g/mol. The highest BCUT2D eigenvalue weighted by Crippen LogP contribution is 2.63. The van der Waals surface area contributed by atoms with Crippen LogP contribution in [0.25, 0.3) is 0 Å². The second-order valence-electron chi connectivity index (χ2n) is 2.82. The Morgan fingerprint density at radius 3 is 2.25 bits per heavy atom. The summed E-state index contributed by atoms with van der Waals surface area (Å²) in [6.07, 6.45) is -4.01. The Morgan fingerprint density at radius 2 is 2.17 bits per heavy atom. The van der Waals surface area contributed by atoms with Gasteiger partial charge in [-0.05, 0) is 6.42 Å². The minimum Gasteiger partial charge on any atom is -0.481 e. The number of carbonyl (C=O) groups is 1. The number of rotatable bonds is 2. The van der Waals surface area contributed by atoms with Crippen LogP contribution in [0.15, 0.2) is 12.7 Å². The van der Waals surface area contributed by atoms with Gasteiger partial charge in [0.15, 0.2) is 5.41 Å². The lowest BCUT2D eigenvalue weighted by atomic mass is 10.0. The predicted octanol–water partition coefficient (Wildman–Crippen LogP) is 1.83. The molecule has 0 aromatic rings. The van der Waals surface area contributed by atoms with Gasteiger partial charge < -0.3 is 5.11 Å². The Labute approximate surface area is 66.7 Å². The van der Waals surface area contributed by atoms with Gasteiger partial charge in [-0.1, -0.05) is 6.08 Å². The molecule has 1 N–H and O–H groups in total. The van der Waals surface area contributed by atoms with Gasteiger partial charge in [0.2, 0.25) is 0 Å². The molecule has 2 atom stereocenters. The molecule has 1 fully saturated rings. The highest BCUT2D eigenvalue weighted by molar-refractivity contribution is 5.80. The molecule has 1 aliphatic rings. The van der Waals surface area contributed by atoms with E-state index in [-0.39, 0.29) is 6.42 Å². The zero-order valence-electron chi connectivity index (χ0n) is 6.06. The number of allylic oxidation sites excluding steroid dienone is 1. The summed E-state index contributed by atoms with van der Waals surface area (Å²) in [5.41, 5.74) is -2.55. The van der Waals surface area contributed by atoms with Crippen LogP contribution < -0.4 is 0 Å². The minimum absolute atomic E-state index is 0.380. The summed E-state index contributed by atoms with van der Waals surface area (Å²) in [5, 5.41) is 8.37. The van der Waals surface area contributed by atoms with Gasteiger partial charge in [0.25, 0.3) is 0 Å². The number of carboxylic acid groups (broad SMARTS) is 1. The lowest BCUT2D eigenvalue weighted by molar-refractivity contribution is -0.205. The van der Waals surface area contributed by atoms with E-state index in [0.717, 1.165) is 6.08 Å². The summed E-state index contributed by atoms with van der Waals surface area (Å²) in [5.74, 6) is -2.77. The van der Waals surface area contributed by atoms with Gasteiger partial charge in [-0.3, -0.25) is 4.79 Å². The van der Waals surface area contributed by atoms with Gasteiger partial charge in [-0.2, -0.15) is 13.2 Å². The van der Waals surface area contributed by atoms with Crippen molar-refractivity contribution in [2.45, 2.75) is 12.6 Å². The Balaban J connectivity index is 2.94. The third-order valence-corrected chi connectivity index (χ3v) is 2.19. The van der Waals surface area contributed by atoms with E-state index in [4.69, 9.17) is 5.11 Å². The third-order valence-electron chi connectivity index (χ3n) is 2.19. The fourth-order valence-corrected chi connectivity index (χ4v) is 1.27. The van der Waals surface area contributed by atoms with Gasteiger partial charge in [0.05, 0.1) is 0 Å². The number of carboxylic acids is 1. The molecule has 0 radical (unpaired) electrons. The van der Waals surface area contributed by atoms with Crippen LogP contribution in [0.1, 0.15) is 6.42 Å². The van der Waals surface area contributed by atoms with E-state index < -0.39 is 23.5 Å². The van der Waals surface area contributed by atoms with Crippen LogP contribution >= 0.6 is 0 Å². The number of aliphatic carboxylic acids is 1. The van der Waals surface area contributed by atoms with E-state index in [1.807, 2.05) is 0 Å². The normalized spacial score (nSPS) is 34.4. The summed E-state index contributed by atoms with van der Waals surface area (Å²) in [6.45, 7) is 3.15. The molecule has 68 valence electrons. The van der Waals surface area contributed by atoms with Crippen LogP contribution in [0.4, 0.5) is 13.2 Å². The molecule has 1 rings (SSSR count). The first-order chi connectivity index (χ1) is 5.36. The topological polar surface area (TPSA) is 37.3 Å². The zero-order valence-corrected chi connectivity index (χ0v) is 6.06. The molecule has 0 saturated heterocycles. The Hall–Kier alpha value is -1.00. The second kappa shape index (κ2) is 2.24. The van der Waals surface area contributed by atoms with Crippen molar-refractivity contribution in [3.8, 4) is 0 Å². The number of alkyl halides is 3. The highest BCUT2D eigenvalue weighted by atomic mass is 19.4. The molecule has 0 aromatic heterocycles. The summed E-state index contributed by atoms with van der Waals surface area (Å²) in [7, 11) is 0. The molecule has 5 heteroatoms. The maximum atomic E-state index is 12.2. The van der Waals surface area contributed by atoms with Gasteiger partial charge >= 0.3 is 12.1 Å². The summed E-state index contributed by atoms with van der Waals surface area (Å²) in [6, 6.07) is 0. The number of halogens is 3. The molecule has 0 bridgehead atoms. The fourth-order valence-electron chi connectivity index (χ4n) is 1.27. The van der Waals surface area contributed by atoms with Crippen LogP contribution in [-0.4, -0.2) is 17.3 Å². The smallest absolute Gasteiger partial charge is 0.405 e. The molecule has 0 unspecified atom stereocenters. The lowest BCUT2D eigenvalue weighted by Crippen LogP contribution is -2.34. The molecule has 0 aliphatic heterocycles. The Morgan fingerprint density at radius 1 is 1.67 bits per heavy atom. The van der Waals surface area contributed by atoms with Crippen molar-refractivity contribution in [3.05, 3.63) is 12.7 Å². The van der Waals surface area contributed by atoms with Crippen molar-refractivity contribution in [3.63, 3.8) is 0 Å². The SMILES string of the molecule is C=C[C@@H]1C[C@]1(C(=O)O)C(F)(F)F. The van der Waals surface area contributed by atoms with Crippen molar-refractivity contribution in [2.24, 2.45) is 11.3 Å². The van der Waals surface area contributed by atoms with Crippen molar-refractivity contribution < 1.29 is 23.1 Å². The van der Waals surface area contributed by atoms with Gasteiger partial charge in [0.1, 0.15) is 0 Å². The van der Waals surface area contributed by atoms with Crippen LogP contribution in [0.5, 0.6) is 0 Å². The van der Waals surface area contributed by atoms with Crippen molar-refractivity contribution in [1.82, 2.24) is 0 Å². The largest absolute Gasteiger partial charge is 0.481 e. The van der Waals surface area contributed by atoms with E-state index >= 15 is 0 Å². The highest BCUT2D eigenvalue weighted by Gasteiger charge is 2.75. The first-order valence-electron chi connectivity index (χ1n) is 3.29. The maximum Gasteiger partial charge on any atom is 0.405 e. The summed E-state index contributed by atoms with van der Waals surface area (Å²) < 4.78 is 36.5. The van der Waals surface area contributed by atoms with E-state index in [1.165, 1.54) is 0 Å². The second-order valence-corrected chi connectivity index (χ2v) is 2.82. The van der Waals surface area contributed by atoms with Crippen LogP contribution in [0.3, 0.4) is 0 Å². The van der Waals surface area contributed by atoms with Gasteiger partial charge in [-0.15, -0.1) is 6.58 Å². The van der Waals surface area contributed by atoms with E-state index in [9.17, 15) is 18.0 Å². The lowest BCUT2D eigenvalue weighted by Gasteiger charge is -2.14. The minimum atomic E-state index is -4.67. The number of hydrogen-bond acceptors (Lipinski definition) is 1. The van der Waals surface area contributed by atoms with Crippen LogP contribution in [0.2, 0.25) is 0 Å². The average Bonchev–Trinajstić information content (AvgIpc) is 2.59. The van der Waals surface area contributed by atoms with Crippen molar-refractivity contribution in [1.29, 1.82) is 0 Å². The van der Waals surface area contributed by atoms with Gasteiger partial charge in [0, 0.05) is 5.92 Å². The fraction of sp³-hybridized carbons (Fsp3) is 0.571. The van der Waals surface area contributed by atoms with E-state index in [1.54, 1.807) is 0 Å². The Bertz CT molecular complexity index is 233. The van der Waals surface area contributed by atoms with E-state index in [0.29, 0.717) is 0 Å². The molecule has 12 heavy (non-hydrogen) atoms. The first-order valence-corrected chi connectivity index (χ1v) is 3.29. The van der Waals surface area contributed by atoms with E-state index in [2.05, 4.69) is 6.58 Å². The summed E-state index contributed by atoms with van der Waals surface area (Å²) in [4.78, 5) is 10.3. The first kappa shape index (κ1) is 9.09. The standard InChI is InChI=1S/C7H7F3O2/c1-2-4-3-6(4,5(11)12)7(8,9)10/h2,4H,1,3H2,(H,11,12)/t4-,6+/m1/s1. The molecule has 0 spiro atoms. The molecule has 2 nitrogen and oxygen atoms in total. The Kier molecular flexibility index (Phi) is 1.70. The van der Waals surface area contributed by atoms with Crippen molar-refractivity contribution in [2.75, 3.05) is 0 Å². The van der Waals surface area contributed by atoms with Crippen LogP contribution in [0, 0.1) is 11.3 Å². The quantitative estimate of drug-likeness (QED) is 0.658. The molecule has 1 aliphatic carbocycles. The molecule has 0 aromatic carbocycles. The molecule has 0 heterocycles. The molecule has 1 saturated carbocycles. The van der Waals surface area contributed by atoms with Gasteiger partial charge in [-0.25, -0.2) is 0 Å². The molecular formula is C7H7F3O2. The third kappa shape index (κ3) is 0.922. The molecule has 0 amide bonds. The monoisotopic (exact) mass is 180 g/mol. The predicted molar refractivity (Wildman–Crippen MR) is 34.4 cm³/mol. The van der Waals surface area contributed by atoms with Crippen molar-refractivity contribution >= 4 is 5.97 Å². The maximum absolute atomic E-state index is 12.2. The summed E-state index contributed by atoms with van der Waals surface area (Å²) >= 11 is 0. The van der Waals surface area contributed by atoms with Crippen LogP contribution in [-0.2, 0) is 4.79 Å². The zero-order chi connectivity index (χ0) is 9.57. The number of hydrogen-bond donors (Lipinski definition) is 1.